The standard InChI is InChI=1S/C31H61N3O4/c1-3-5-7-9-11-12-13-14-15-16-17-19-21-23-27-38-29-30(33-37)28-34(26-25-32-36)31(35)24-22-20-18-10-8-6-4-2/h30H,3-29H2,1-2H3. The van der Waals surface area contributed by atoms with Crippen LogP contribution in [0.15, 0.2) is 10.4 Å². The lowest BCUT2D eigenvalue weighted by Gasteiger charge is -2.24. The van der Waals surface area contributed by atoms with Crippen LogP contribution < -0.4 is 0 Å². The van der Waals surface area contributed by atoms with Gasteiger partial charge in [-0.05, 0) is 12.8 Å². The van der Waals surface area contributed by atoms with Crippen molar-refractivity contribution >= 4 is 5.91 Å². The van der Waals surface area contributed by atoms with Crippen LogP contribution in [0.25, 0.3) is 0 Å². The summed E-state index contributed by atoms with van der Waals surface area (Å²) in [6, 6.07) is -0.605. The highest BCUT2D eigenvalue weighted by Crippen LogP contribution is 2.13. The summed E-state index contributed by atoms with van der Waals surface area (Å²) in [4.78, 5) is 36.2. The zero-order valence-corrected chi connectivity index (χ0v) is 25.1. The fraction of sp³-hybridized carbons (Fsp3) is 0.968. The molecule has 0 fully saturated rings. The fourth-order valence-electron chi connectivity index (χ4n) is 4.86. The highest BCUT2D eigenvalue weighted by Gasteiger charge is 2.19. The summed E-state index contributed by atoms with van der Waals surface area (Å²) < 4.78 is 5.71. The summed E-state index contributed by atoms with van der Waals surface area (Å²) in [6.07, 6.45) is 26.9. The maximum absolute atomic E-state index is 12.7. The Morgan fingerprint density at radius 1 is 0.658 bits per heavy atom. The van der Waals surface area contributed by atoms with Gasteiger partial charge in [-0.15, -0.1) is 0 Å². The van der Waals surface area contributed by atoms with Gasteiger partial charge in [0, 0.05) is 26.1 Å². The first-order valence-electron chi connectivity index (χ1n) is 16.2. The first kappa shape index (κ1) is 36.6. The molecule has 1 amide bonds. The Labute approximate surface area is 234 Å². The monoisotopic (exact) mass is 539 g/mol. The topological polar surface area (TPSA) is 88.4 Å². The summed E-state index contributed by atoms with van der Waals surface area (Å²) in [5.41, 5.74) is 0. The van der Waals surface area contributed by atoms with E-state index < -0.39 is 6.04 Å². The van der Waals surface area contributed by atoms with Crippen LogP contribution >= 0.6 is 0 Å². The first-order chi connectivity index (χ1) is 18.7. The molecule has 0 saturated carbocycles. The van der Waals surface area contributed by atoms with Crippen molar-refractivity contribution in [2.75, 3.05) is 32.8 Å². The largest absolute Gasteiger partial charge is 0.379 e. The van der Waals surface area contributed by atoms with Gasteiger partial charge in [0.2, 0.25) is 5.91 Å². The number of rotatable bonds is 31. The minimum atomic E-state index is -0.605. The van der Waals surface area contributed by atoms with Crippen molar-refractivity contribution in [3.05, 3.63) is 9.81 Å². The molecule has 1 atom stereocenters. The predicted molar refractivity (Wildman–Crippen MR) is 161 cm³/mol. The van der Waals surface area contributed by atoms with E-state index in [0.29, 0.717) is 13.0 Å². The normalized spacial score (nSPS) is 11.9. The number of carbonyl (C=O) groups excluding carboxylic acids is 1. The summed E-state index contributed by atoms with van der Waals surface area (Å²) >= 11 is 0. The van der Waals surface area contributed by atoms with E-state index in [1.807, 2.05) is 0 Å². The van der Waals surface area contributed by atoms with E-state index in [1.54, 1.807) is 4.90 Å². The van der Waals surface area contributed by atoms with Crippen LogP contribution in [0.4, 0.5) is 0 Å². The van der Waals surface area contributed by atoms with Gasteiger partial charge < -0.3 is 9.64 Å². The van der Waals surface area contributed by atoms with Crippen molar-refractivity contribution in [1.82, 2.24) is 4.90 Å². The van der Waals surface area contributed by atoms with Crippen LogP contribution in [0.2, 0.25) is 0 Å². The number of carbonyl (C=O) groups is 1. The van der Waals surface area contributed by atoms with E-state index in [9.17, 15) is 14.6 Å². The molecular weight excluding hydrogens is 478 g/mol. The fourth-order valence-corrected chi connectivity index (χ4v) is 4.86. The third-order valence-corrected chi connectivity index (χ3v) is 7.34. The molecule has 0 aromatic carbocycles. The number of ether oxygens (including phenoxy) is 1. The SMILES string of the molecule is CCCCCCCCCCCCCCCCOCC(CN(CCN=O)C(=O)CCCCCCCCC)N=O. The van der Waals surface area contributed by atoms with E-state index >= 15 is 0 Å². The molecule has 38 heavy (non-hydrogen) atoms. The van der Waals surface area contributed by atoms with E-state index in [-0.39, 0.29) is 32.1 Å². The Hall–Kier alpha value is -1.37. The molecule has 0 aliphatic rings. The van der Waals surface area contributed by atoms with Gasteiger partial charge in [0.15, 0.2) is 0 Å². The lowest BCUT2D eigenvalue weighted by molar-refractivity contribution is -0.131. The van der Waals surface area contributed by atoms with E-state index in [1.165, 1.54) is 103 Å². The van der Waals surface area contributed by atoms with E-state index in [2.05, 4.69) is 24.2 Å². The molecule has 7 nitrogen and oxygen atoms in total. The van der Waals surface area contributed by atoms with Crippen molar-refractivity contribution in [2.45, 2.75) is 161 Å². The van der Waals surface area contributed by atoms with Crippen molar-refractivity contribution in [2.24, 2.45) is 10.4 Å². The quantitative estimate of drug-likeness (QED) is 0.0648. The Morgan fingerprint density at radius 2 is 1.11 bits per heavy atom. The molecule has 0 aliphatic carbocycles. The lowest BCUT2D eigenvalue weighted by atomic mass is 10.0. The van der Waals surface area contributed by atoms with Gasteiger partial charge in [0.25, 0.3) is 0 Å². The van der Waals surface area contributed by atoms with Crippen LogP contribution in [0.5, 0.6) is 0 Å². The molecule has 224 valence electrons. The summed E-state index contributed by atoms with van der Waals surface area (Å²) in [7, 11) is 0. The smallest absolute Gasteiger partial charge is 0.222 e. The average Bonchev–Trinajstić information content (AvgIpc) is 2.93. The Kier molecular flexibility index (Phi) is 29.1. The van der Waals surface area contributed by atoms with Crippen LogP contribution in [0.3, 0.4) is 0 Å². The van der Waals surface area contributed by atoms with Gasteiger partial charge in [0.05, 0.1) is 13.2 Å². The molecule has 0 radical (unpaired) electrons. The minimum absolute atomic E-state index is 0.0252. The molecule has 0 spiro atoms. The summed E-state index contributed by atoms with van der Waals surface area (Å²) in [5.74, 6) is -0.0252. The van der Waals surface area contributed by atoms with Crippen molar-refractivity contribution in [3.63, 3.8) is 0 Å². The predicted octanol–water partition coefficient (Wildman–Crippen LogP) is 9.36. The molecule has 7 heteroatoms. The Balaban J connectivity index is 3.85. The van der Waals surface area contributed by atoms with Gasteiger partial charge >= 0.3 is 0 Å². The third kappa shape index (κ3) is 24.9. The molecule has 0 aromatic heterocycles. The maximum Gasteiger partial charge on any atom is 0.222 e. The minimum Gasteiger partial charge on any atom is -0.379 e. The number of amides is 1. The van der Waals surface area contributed by atoms with Crippen LogP contribution in [0, 0.1) is 9.81 Å². The molecule has 0 saturated heterocycles. The number of hydrogen-bond donors (Lipinski definition) is 0. The second-order valence-corrected chi connectivity index (χ2v) is 11.0. The van der Waals surface area contributed by atoms with Crippen LogP contribution in [-0.4, -0.2) is 49.7 Å². The highest BCUT2D eigenvalue weighted by atomic mass is 16.5. The van der Waals surface area contributed by atoms with Gasteiger partial charge in [-0.2, -0.15) is 9.81 Å². The van der Waals surface area contributed by atoms with E-state index in [0.717, 1.165) is 32.1 Å². The molecule has 0 heterocycles. The first-order valence-corrected chi connectivity index (χ1v) is 16.2. The number of hydrogen-bond acceptors (Lipinski definition) is 6. The lowest BCUT2D eigenvalue weighted by Crippen LogP contribution is -2.40. The van der Waals surface area contributed by atoms with Crippen LogP contribution in [0.1, 0.15) is 155 Å². The summed E-state index contributed by atoms with van der Waals surface area (Å²) in [5, 5.41) is 6.08. The molecule has 0 N–H and O–H groups in total. The van der Waals surface area contributed by atoms with E-state index in [4.69, 9.17) is 4.74 Å². The van der Waals surface area contributed by atoms with Crippen molar-refractivity contribution in [1.29, 1.82) is 0 Å². The molecule has 0 rings (SSSR count). The van der Waals surface area contributed by atoms with Crippen molar-refractivity contribution < 1.29 is 9.53 Å². The average molecular weight is 540 g/mol. The van der Waals surface area contributed by atoms with Crippen LogP contribution in [-0.2, 0) is 9.53 Å². The molecule has 0 bridgehead atoms. The van der Waals surface area contributed by atoms with Gasteiger partial charge in [-0.3, -0.25) is 4.79 Å². The van der Waals surface area contributed by atoms with Crippen molar-refractivity contribution in [3.8, 4) is 0 Å². The second kappa shape index (κ2) is 30.2. The number of nitrogens with zero attached hydrogens (tertiary/aromatic N) is 3. The highest BCUT2D eigenvalue weighted by molar-refractivity contribution is 5.76. The zero-order valence-electron chi connectivity index (χ0n) is 25.1. The Bertz CT molecular complexity index is 533. The van der Waals surface area contributed by atoms with Gasteiger partial charge in [-0.1, -0.05) is 146 Å². The maximum atomic E-state index is 12.7. The van der Waals surface area contributed by atoms with Gasteiger partial charge in [0.1, 0.15) is 6.04 Å². The Morgan fingerprint density at radius 3 is 1.55 bits per heavy atom. The molecule has 1 unspecified atom stereocenters. The summed E-state index contributed by atoms with van der Waals surface area (Å²) in [6.45, 7) is 5.78. The molecule has 0 aromatic rings. The molecule has 0 aliphatic heterocycles. The second-order valence-electron chi connectivity index (χ2n) is 11.0. The molecular formula is C31H61N3O4. The van der Waals surface area contributed by atoms with Gasteiger partial charge in [-0.25, -0.2) is 0 Å². The third-order valence-electron chi connectivity index (χ3n) is 7.34. The number of unbranched alkanes of at least 4 members (excludes halogenated alkanes) is 19. The zero-order chi connectivity index (χ0) is 27.9. The number of nitroso groups, excluding NO2 is 2.